The summed E-state index contributed by atoms with van der Waals surface area (Å²) in [4.78, 5) is 4.05. The van der Waals surface area contributed by atoms with Gasteiger partial charge in [0.25, 0.3) is 0 Å². The first-order valence-corrected chi connectivity index (χ1v) is 4.57. The fraction of sp³-hybridized carbons (Fsp3) is 0.500. The summed E-state index contributed by atoms with van der Waals surface area (Å²) in [6, 6.07) is 0. The topological polar surface area (TPSA) is 12.4 Å². The van der Waals surface area contributed by atoms with Crippen molar-refractivity contribution in [1.82, 2.24) is 0 Å². The van der Waals surface area contributed by atoms with Crippen molar-refractivity contribution in [2.45, 2.75) is 27.7 Å². The van der Waals surface area contributed by atoms with Gasteiger partial charge in [-0.1, -0.05) is 19.9 Å². The first-order chi connectivity index (χ1) is 6.04. The minimum absolute atomic E-state index is 0.481. The Morgan fingerprint density at radius 3 is 2.31 bits per heavy atom. The predicted octanol–water partition coefficient (Wildman–Crippen LogP) is 3.59. The van der Waals surface area contributed by atoms with E-state index in [-0.39, 0.29) is 0 Å². The van der Waals surface area contributed by atoms with Crippen LogP contribution in [0, 0.1) is 11.8 Å². The van der Waals surface area contributed by atoms with Gasteiger partial charge < -0.3 is 0 Å². The zero-order chi connectivity index (χ0) is 10.4. The highest BCUT2D eigenvalue weighted by atomic mass is 14.7. The minimum Gasteiger partial charge on any atom is -0.212 e. The van der Waals surface area contributed by atoms with Crippen LogP contribution in [0.15, 0.2) is 35.5 Å². The van der Waals surface area contributed by atoms with Gasteiger partial charge >= 0.3 is 0 Å². The SMILES string of the molecule is C=C=N/C(C)=C(\C)C(C)[C@H](C)C=C. The molecule has 0 amide bonds. The molecule has 0 aliphatic rings. The molecule has 1 unspecified atom stereocenters. The average Bonchev–Trinajstić information content (AvgIpc) is 2.14. The Morgan fingerprint density at radius 2 is 1.92 bits per heavy atom. The predicted molar refractivity (Wildman–Crippen MR) is 60.0 cm³/mol. The van der Waals surface area contributed by atoms with Crippen molar-refractivity contribution in [2.24, 2.45) is 16.8 Å². The van der Waals surface area contributed by atoms with Crippen LogP contribution >= 0.6 is 0 Å². The van der Waals surface area contributed by atoms with Crippen molar-refractivity contribution in [3.05, 3.63) is 30.5 Å². The number of nitrogens with zero attached hydrogens (tertiary/aromatic N) is 1. The van der Waals surface area contributed by atoms with Gasteiger partial charge in [-0.25, -0.2) is 4.99 Å². The highest BCUT2D eigenvalue weighted by molar-refractivity contribution is 5.49. The van der Waals surface area contributed by atoms with E-state index in [9.17, 15) is 0 Å². The lowest BCUT2D eigenvalue weighted by atomic mass is 9.89. The second-order valence-corrected chi connectivity index (χ2v) is 3.42. The Balaban J connectivity index is 4.75. The summed E-state index contributed by atoms with van der Waals surface area (Å²) in [5.74, 6) is 3.51. The van der Waals surface area contributed by atoms with Gasteiger partial charge in [0.15, 0.2) is 0 Å². The van der Waals surface area contributed by atoms with E-state index in [2.05, 4.69) is 44.8 Å². The van der Waals surface area contributed by atoms with E-state index in [0.29, 0.717) is 11.8 Å². The Morgan fingerprint density at radius 1 is 1.38 bits per heavy atom. The molecule has 0 aliphatic carbocycles. The fourth-order valence-electron chi connectivity index (χ4n) is 1.13. The van der Waals surface area contributed by atoms with Crippen LogP contribution in [0.3, 0.4) is 0 Å². The molecule has 0 aromatic carbocycles. The Hall–Kier alpha value is -1.07. The molecule has 13 heavy (non-hydrogen) atoms. The molecule has 0 rings (SSSR count). The van der Waals surface area contributed by atoms with Crippen molar-refractivity contribution in [2.75, 3.05) is 0 Å². The van der Waals surface area contributed by atoms with E-state index in [1.165, 1.54) is 5.57 Å². The summed E-state index contributed by atoms with van der Waals surface area (Å²) in [5.41, 5.74) is 2.29. The summed E-state index contributed by atoms with van der Waals surface area (Å²) < 4.78 is 0. The van der Waals surface area contributed by atoms with Gasteiger partial charge in [-0.2, -0.15) is 0 Å². The van der Waals surface area contributed by atoms with Gasteiger partial charge in [-0.05, 0) is 43.7 Å². The maximum Gasteiger partial charge on any atom is 0.0464 e. The Kier molecular flexibility index (Phi) is 5.10. The number of aliphatic imine (C=N–C) groups is 1. The molecule has 0 bridgehead atoms. The molecule has 0 aliphatic heterocycles. The molecule has 0 N–H and O–H groups in total. The molecular formula is C12H19N. The third-order valence-electron chi connectivity index (χ3n) is 2.66. The number of hydrogen-bond donors (Lipinski definition) is 0. The van der Waals surface area contributed by atoms with Gasteiger partial charge in [0, 0.05) is 5.70 Å². The highest BCUT2D eigenvalue weighted by Crippen LogP contribution is 2.23. The minimum atomic E-state index is 0.481. The second kappa shape index (κ2) is 5.55. The highest BCUT2D eigenvalue weighted by Gasteiger charge is 2.12. The lowest BCUT2D eigenvalue weighted by molar-refractivity contribution is 0.525. The molecule has 0 saturated heterocycles. The molecule has 0 fully saturated rings. The zero-order valence-electron chi connectivity index (χ0n) is 9.09. The van der Waals surface area contributed by atoms with Crippen molar-refractivity contribution in [3.8, 4) is 0 Å². The van der Waals surface area contributed by atoms with Gasteiger partial charge in [0.2, 0.25) is 0 Å². The van der Waals surface area contributed by atoms with E-state index in [4.69, 9.17) is 0 Å². The molecular weight excluding hydrogens is 158 g/mol. The molecule has 72 valence electrons. The normalized spacial score (nSPS) is 16.6. The second-order valence-electron chi connectivity index (χ2n) is 3.42. The monoisotopic (exact) mass is 177 g/mol. The standard InChI is InChI=1S/C12H19N/c1-7-9(3)10(4)11(5)12(6)13-8-2/h7,9-10H,1-2H2,3-6H3/b12-11+/t9-,10?/m1/s1. The lowest BCUT2D eigenvalue weighted by Gasteiger charge is -2.17. The lowest BCUT2D eigenvalue weighted by Crippen LogP contribution is -2.07. The maximum absolute atomic E-state index is 4.05. The van der Waals surface area contributed by atoms with E-state index in [0.717, 1.165) is 5.70 Å². The quantitative estimate of drug-likeness (QED) is 0.459. The summed E-state index contributed by atoms with van der Waals surface area (Å²) >= 11 is 0. The van der Waals surface area contributed by atoms with Gasteiger partial charge in [0.05, 0.1) is 0 Å². The first-order valence-electron chi connectivity index (χ1n) is 4.57. The van der Waals surface area contributed by atoms with E-state index >= 15 is 0 Å². The smallest absolute Gasteiger partial charge is 0.0464 e. The van der Waals surface area contributed by atoms with Gasteiger partial charge in [0.1, 0.15) is 0 Å². The fourth-order valence-corrected chi connectivity index (χ4v) is 1.13. The van der Waals surface area contributed by atoms with Crippen LogP contribution in [-0.2, 0) is 0 Å². The summed E-state index contributed by atoms with van der Waals surface area (Å²) in [5, 5.41) is 0. The van der Waals surface area contributed by atoms with Crippen LogP contribution in [0.1, 0.15) is 27.7 Å². The van der Waals surface area contributed by atoms with Crippen molar-refractivity contribution < 1.29 is 0 Å². The largest absolute Gasteiger partial charge is 0.212 e. The van der Waals surface area contributed by atoms with Crippen LogP contribution in [0.25, 0.3) is 0 Å². The Labute approximate surface area is 81.6 Å². The first kappa shape index (κ1) is 11.9. The molecule has 0 aromatic rings. The molecule has 0 heterocycles. The van der Waals surface area contributed by atoms with Crippen LogP contribution in [-0.4, -0.2) is 5.87 Å². The zero-order valence-corrected chi connectivity index (χ0v) is 9.09. The maximum atomic E-state index is 4.05. The summed E-state index contributed by atoms with van der Waals surface area (Å²) in [7, 11) is 0. The molecule has 0 aromatic heterocycles. The van der Waals surface area contributed by atoms with Crippen molar-refractivity contribution in [1.29, 1.82) is 0 Å². The van der Waals surface area contributed by atoms with Crippen LogP contribution < -0.4 is 0 Å². The molecule has 1 heteroatoms. The van der Waals surface area contributed by atoms with Gasteiger partial charge in [-0.3, -0.25) is 0 Å². The van der Waals surface area contributed by atoms with Crippen LogP contribution in [0.2, 0.25) is 0 Å². The van der Waals surface area contributed by atoms with Crippen molar-refractivity contribution >= 4 is 5.87 Å². The summed E-state index contributed by atoms with van der Waals surface area (Å²) in [6.45, 7) is 15.7. The summed E-state index contributed by atoms with van der Waals surface area (Å²) in [6.07, 6.45) is 1.97. The molecule has 0 spiro atoms. The molecule has 2 atom stereocenters. The van der Waals surface area contributed by atoms with Crippen molar-refractivity contribution in [3.63, 3.8) is 0 Å². The third kappa shape index (κ3) is 3.43. The van der Waals surface area contributed by atoms with Gasteiger partial charge in [-0.15, -0.1) is 6.58 Å². The van der Waals surface area contributed by atoms with E-state index < -0.39 is 0 Å². The average molecular weight is 177 g/mol. The van der Waals surface area contributed by atoms with Crippen LogP contribution in [0.4, 0.5) is 0 Å². The van der Waals surface area contributed by atoms with E-state index in [1.807, 2.05) is 13.0 Å². The van der Waals surface area contributed by atoms with E-state index in [1.54, 1.807) is 0 Å². The molecule has 0 saturated carbocycles. The Bertz CT molecular complexity index is 254. The number of hydrogen-bond acceptors (Lipinski definition) is 1. The molecule has 1 nitrogen and oxygen atoms in total. The number of rotatable bonds is 4. The molecule has 0 radical (unpaired) electrons. The van der Waals surface area contributed by atoms with Crippen LogP contribution in [0.5, 0.6) is 0 Å². The third-order valence-corrected chi connectivity index (χ3v) is 2.66. The number of allylic oxidation sites excluding steroid dienone is 3.